The first-order valence-electron chi connectivity index (χ1n) is 9.03. The largest absolute Gasteiger partial charge is 0.492 e. The van der Waals surface area contributed by atoms with Crippen molar-refractivity contribution in [2.24, 2.45) is 5.92 Å². The van der Waals surface area contributed by atoms with Gasteiger partial charge in [0, 0.05) is 21.7 Å². The van der Waals surface area contributed by atoms with Gasteiger partial charge in [-0.1, -0.05) is 23.7 Å². The van der Waals surface area contributed by atoms with E-state index in [2.05, 4.69) is 15.0 Å². The van der Waals surface area contributed by atoms with Crippen LogP contribution in [0.4, 0.5) is 10.8 Å². The van der Waals surface area contributed by atoms with Crippen LogP contribution in [0.3, 0.4) is 0 Å². The summed E-state index contributed by atoms with van der Waals surface area (Å²) in [6.45, 7) is 0.299. The van der Waals surface area contributed by atoms with E-state index in [0.717, 1.165) is 23.1 Å². The van der Waals surface area contributed by atoms with Gasteiger partial charge in [-0.25, -0.2) is 13.4 Å². The molecular weight excluding hydrogens is 446 g/mol. The van der Waals surface area contributed by atoms with Gasteiger partial charge >= 0.3 is 0 Å². The van der Waals surface area contributed by atoms with Gasteiger partial charge in [-0.05, 0) is 42.3 Å². The lowest BCUT2D eigenvalue weighted by Crippen LogP contribution is -2.32. The van der Waals surface area contributed by atoms with Crippen LogP contribution >= 0.6 is 22.9 Å². The predicted octanol–water partition coefficient (Wildman–Crippen LogP) is 4.02. The van der Waals surface area contributed by atoms with Crippen molar-refractivity contribution in [2.45, 2.75) is 6.42 Å². The van der Waals surface area contributed by atoms with E-state index in [1.807, 2.05) is 17.5 Å². The Bertz CT molecular complexity index is 1190. The van der Waals surface area contributed by atoms with Crippen LogP contribution in [0.5, 0.6) is 5.75 Å². The van der Waals surface area contributed by atoms with Gasteiger partial charge in [0.05, 0.1) is 17.9 Å². The molecule has 30 heavy (non-hydrogen) atoms. The van der Waals surface area contributed by atoms with Crippen LogP contribution in [-0.4, -0.2) is 32.2 Å². The van der Waals surface area contributed by atoms with Gasteiger partial charge in [-0.15, -0.1) is 11.3 Å². The molecule has 0 bridgehead atoms. The smallest absolute Gasteiger partial charge is 0.233 e. The van der Waals surface area contributed by atoms with Gasteiger partial charge in [-0.3, -0.25) is 9.52 Å². The molecule has 3 aromatic rings. The Morgan fingerprint density at radius 2 is 2.00 bits per heavy atom. The third-order valence-electron chi connectivity index (χ3n) is 4.52. The van der Waals surface area contributed by atoms with Gasteiger partial charge in [0.1, 0.15) is 12.4 Å². The summed E-state index contributed by atoms with van der Waals surface area (Å²) >= 11 is 7.36. The number of halogens is 1. The Morgan fingerprint density at radius 1 is 1.23 bits per heavy atom. The normalized spacial score (nSPS) is 15.7. The molecule has 1 amide bonds. The number of nitrogens with zero attached hydrogens (tertiary/aromatic N) is 1. The number of carbonyl (C=O) groups excluding carboxylic acids is 1. The fourth-order valence-electron chi connectivity index (χ4n) is 3.13. The molecule has 1 aliphatic rings. The van der Waals surface area contributed by atoms with Gasteiger partial charge in [0.15, 0.2) is 5.13 Å². The topological polar surface area (TPSA) is 97.4 Å². The van der Waals surface area contributed by atoms with Crippen LogP contribution < -0.4 is 14.8 Å². The summed E-state index contributed by atoms with van der Waals surface area (Å²) in [7, 11) is -3.32. The van der Waals surface area contributed by atoms with Crippen molar-refractivity contribution < 1.29 is 17.9 Å². The number of hydrogen-bond donors (Lipinski definition) is 2. The summed E-state index contributed by atoms with van der Waals surface area (Å²) in [6.07, 6.45) is 1.65. The lowest BCUT2D eigenvalue weighted by Gasteiger charge is -2.24. The molecule has 7 nitrogen and oxygen atoms in total. The molecule has 10 heteroatoms. The summed E-state index contributed by atoms with van der Waals surface area (Å²) in [5, 5.41) is 5.79. The van der Waals surface area contributed by atoms with Crippen LogP contribution in [0.15, 0.2) is 47.8 Å². The number of fused-ring (bicyclic) bond motifs is 1. The first kappa shape index (κ1) is 20.6. The molecule has 2 aromatic carbocycles. The van der Waals surface area contributed by atoms with E-state index < -0.39 is 10.0 Å². The highest BCUT2D eigenvalue weighted by Crippen LogP contribution is 2.31. The molecule has 0 radical (unpaired) electrons. The molecule has 1 atom stereocenters. The molecule has 2 N–H and O–H groups in total. The van der Waals surface area contributed by atoms with Gasteiger partial charge in [-0.2, -0.15) is 0 Å². The molecule has 156 valence electrons. The van der Waals surface area contributed by atoms with E-state index in [1.54, 1.807) is 30.3 Å². The van der Waals surface area contributed by atoms with Crippen LogP contribution in [0.2, 0.25) is 5.02 Å². The molecule has 0 aliphatic carbocycles. The molecule has 0 saturated carbocycles. The number of anilines is 2. The highest BCUT2D eigenvalue weighted by molar-refractivity contribution is 7.92. The zero-order valence-corrected chi connectivity index (χ0v) is 18.3. The maximum atomic E-state index is 12.7. The highest BCUT2D eigenvalue weighted by Gasteiger charge is 2.27. The summed E-state index contributed by atoms with van der Waals surface area (Å²) in [4.78, 5) is 17.1. The number of sulfonamides is 1. The molecule has 1 aromatic heterocycles. The molecule has 4 rings (SSSR count). The lowest BCUT2D eigenvalue weighted by atomic mass is 9.96. The Hall–Kier alpha value is -2.62. The Morgan fingerprint density at radius 3 is 2.73 bits per heavy atom. The van der Waals surface area contributed by atoms with E-state index in [-0.39, 0.29) is 11.8 Å². The van der Waals surface area contributed by atoms with Gasteiger partial charge < -0.3 is 10.1 Å². The maximum Gasteiger partial charge on any atom is 0.233 e. The summed E-state index contributed by atoms with van der Waals surface area (Å²) < 4.78 is 30.7. The van der Waals surface area contributed by atoms with Crippen LogP contribution in [-0.2, 0) is 21.2 Å². The summed E-state index contributed by atoms with van der Waals surface area (Å²) in [5.74, 6) is 0.271. The predicted molar refractivity (Wildman–Crippen MR) is 119 cm³/mol. The maximum absolute atomic E-state index is 12.7. The zero-order valence-electron chi connectivity index (χ0n) is 15.9. The first-order chi connectivity index (χ1) is 14.3. The Kier molecular flexibility index (Phi) is 5.68. The molecular formula is C20H18ClN3O4S2. The Balaban J connectivity index is 1.41. The summed E-state index contributed by atoms with van der Waals surface area (Å²) in [6, 6.07) is 12.3. The molecule has 1 aliphatic heterocycles. The van der Waals surface area contributed by atoms with Crippen molar-refractivity contribution in [2.75, 3.05) is 22.9 Å². The van der Waals surface area contributed by atoms with Crippen molar-refractivity contribution in [3.05, 3.63) is 58.4 Å². The first-order valence-corrected chi connectivity index (χ1v) is 12.2. The van der Waals surface area contributed by atoms with Crippen molar-refractivity contribution in [1.29, 1.82) is 0 Å². The molecule has 2 heterocycles. The average molecular weight is 464 g/mol. The van der Waals surface area contributed by atoms with Crippen molar-refractivity contribution >= 4 is 49.7 Å². The van der Waals surface area contributed by atoms with Crippen LogP contribution in [0, 0.1) is 5.92 Å². The number of rotatable bonds is 5. The SMILES string of the molecule is CS(=O)(=O)Nc1ccc(-c2csc(NC(=O)C3COc4ccc(Cl)cc4C3)n2)cc1. The quantitative estimate of drug-likeness (QED) is 0.595. The number of ether oxygens (including phenoxy) is 1. The molecule has 0 fully saturated rings. The van der Waals surface area contributed by atoms with E-state index in [4.69, 9.17) is 16.3 Å². The standard InChI is InChI=1S/C20H18ClN3O4S2/c1-30(26,27)24-16-5-2-12(3-6-16)17-11-29-20(22-17)23-19(25)14-8-13-9-15(21)4-7-18(13)28-10-14/h2-7,9,11,14,24H,8,10H2,1H3,(H,22,23,25). The van der Waals surface area contributed by atoms with E-state index in [0.29, 0.717) is 34.6 Å². The van der Waals surface area contributed by atoms with Crippen LogP contribution in [0.1, 0.15) is 5.56 Å². The van der Waals surface area contributed by atoms with E-state index >= 15 is 0 Å². The van der Waals surface area contributed by atoms with Gasteiger partial charge in [0.25, 0.3) is 0 Å². The monoisotopic (exact) mass is 463 g/mol. The van der Waals surface area contributed by atoms with E-state index in [9.17, 15) is 13.2 Å². The fourth-order valence-corrected chi connectivity index (χ4v) is 4.61. The molecule has 0 spiro atoms. The van der Waals surface area contributed by atoms with E-state index in [1.165, 1.54) is 11.3 Å². The lowest BCUT2D eigenvalue weighted by molar-refractivity contribution is -0.121. The fraction of sp³-hybridized carbons (Fsp3) is 0.200. The number of aromatic nitrogens is 1. The second-order valence-corrected chi connectivity index (χ2v) is 9.99. The average Bonchev–Trinajstić information content (AvgIpc) is 3.15. The second-order valence-electron chi connectivity index (χ2n) is 6.94. The zero-order chi connectivity index (χ0) is 21.3. The summed E-state index contributed by atoms with van der Waals surface area (Å²) in [5.41, 5.74) is 2.90. The van der Waals surface area contributed by atoms with Crippen molar-refractivity contribution in [1.82, 2.24) is 4.98 Å². The minimum atomic E-state index is -3.32. The number of amides is 1. The number of hydrogen-bond acceptors (Lipinski definition) is 6. The number of benzene rings is 2. The highest BCUT2D eigenvalue weighted by atomic mass is 35.5. The minimum absolute atomic E-state index is 0.158. The Labute approximate surface area is 183 Å². The van der Waals surface area contributed by atoms with Gasteiger partial charge in [0.2, 0.25) is 15.9 Å². The number of carbonyl (C=O) groups is 1. The number of nitrogens with one attached hydrogen (secondary N) is 2. The van der Waals surface area contributed by atoms with Crippen LogP contribution in [0.25, 0.3) is 11.3 Å². The number of thiazole rings is 1. The second kappa shape index (κ2) is 8.25. The van der Waals surface area contributed by atoms with Crippen molar-refractivity contribution in [3.63, 3.8) is 0 Å². The third-order valence-corrected chi connectivity index (χ3v) is 6.12. The van der Waals surface area contributed by atoms with Crippen molar-refractivity contribution in [3.8, 4) is 17.0 Å². The molecule has 1 unspecified atom stereocenters. The third kappa shape index (κ3) is 4.92. The molecule has 0 saturated heterocycles. The minimum Gasteiger partial charge on any atom is -0.492 e.